The lowest BCUT2D eigenvalue weighted by Gasteiger charge is -2.20. The SMILES string of the molecule is O=C(CCCCN1C(=Cc2ccnc3ccccc23)Sc2ccccc21)On1c(O)ccc1O. The average Bonchev–Trinajstić information content (AvgIpc) is 3.36. The number of aromatic nitrogens is 2. The molecule has 34 heavy (non-hydrogen) atoms. The molecule has 0 spiro atoms. The Kier molecular flexibility index (Phi) is 6.14. The van der Waals surface area contributed by atoms with Crippen LogP contribution in [0.1, 0.15) is 24.8 Å². The van der Waals surface area contributed by atoms with Crippen LogP contribution in [0.25, 0.3) is 17.0 Å². The standard InChI is InChI=1S/C26H23N3O4S/c30-23-12-13-24(31)29(23)33-26(32)11-5-6-16-28-21-9-3-4-10-22(21)34-25(28)17-18-14-15-27-20-8-2-1-7-19(18)20/h1-4,7-10,12-15,17,30-31H,5-6,11,16H2. The van der Waals surface area contributed by atoms with Crippen LogP contribution in [0.15, 0.2) is 82.9 Å². The predicted molar refractivity (Wildman–Crippen MR) is 133 cm³/mol. The molecule has 0 saturated carbocycles. The predicted octanol–water partition coefficient (Wildman–Crippen LogP) is 5.18. The molecule has 5 rings (SSSR count). The topological polar surface area (TPSA) is 87.8 Å². The maximum absolute atomic E-state index is 12.1. The number of thioether (sulfide) groups is 1. The van der Waals surface area contributed by atoms with Gasteiger partial charge in [0, 0.05) is 41.6 Å². The first-order valence-electron chi connectivity index (χ1n) is 11.0. The van der Waals surface area contributed by atoms with E-state index in [1.807, 2.05) is 42.6 Å². The Hall–Kier alpha value is -3.91. The van der Waals surface area contributed by atoms with Crippen LogP contribution in [-0.4, -0.2) is 32.4 Å². The molecule has 3 heterocycles. The third-order valence-corrected chi connectivity index (χ3v) is 6.71. The van der Waals surface area contributed by atoms with Gasteiger partial charge in [0.05, 0.1) is 16.2 Å². The third-order valence-electron chi connectivity index (χ3n) is 5.60. The molecule has 0 bridgehead atoms. The molecule has 0 aliphatic carbocycles. The fourth-order valence-electron chi connectivity index (χ4n) is 3.95. The minimum absolute atomic E-state index is 0.174. The largest absolute Gasteiger partial charge is 0.492 e. The minimum atomic E-state index is -0.517. The van der Waals surface area contributed by atoms with Gasteiger partial charge in [0.15, 0.2) is 0 Å². The highest BCUT2D eigenvalue weighted by Gasteiger charge is 2.24. The first kappa shape index (κ1) is 21.9. The quantitative estimate of drug-likeness (QED) is 0.358. The summed E-state index contributed by atoms with van der Waals surface area (Å²) in [5.74, 6) is -1.16. The zero-order valence-corrected chi connectivity index (χ0v) is 19.1. The van der Waals surface area contributed by atoms with Crippen molar-refractivity contribution in [2.75, 3.05) is 11.4 Å². The normalized spacial score (nSPS) is 14.0. The molecule has 2 N–H and O–H groups in total. The van der Waals surface area contributed by atoms with Gasteiger partial charge >= 0.3 is 5.97 Å². The van der Waals surface area contributed by atoms with Crippen molar-refractivity contribution >= 4 is 40.4 Å². The van der Waals surface area contributed by atoms with Crippen molar-refractivity contribution in [3.63, 3.8) is 0 Å². The summed E-state index contributed by atoms with van der Waals surface area (Å²) in [6.07, 6.45) is 5.57. The Balaban J connectivity index is 1.29. The molecule has 8 heteroatoms. The molecule has 172 valence electrons. The number of unbranched alkanes of at least 4 members (excludes halogenated alkanes) is 1. The second-order valence-electron chi connectivity index (χ2n) is 7.89. The van der Waals surface area contributed by atoms with E-state index in [2.05, 4.69) is 34.2 Å². The van der Waals surface area contributed by atoms with Crippen LogP contribution in [0.4, 0.5) is 5.69 Å². The summed E-state index contributed by atoms with van der Waals surface area (Å²) >= 11 is 1.73. The summed E-state index contributed by atoms with van der Waals surface area (Å²) in [5, 5.41) is 21.5. The van der Waals surface area contributed by atoms with E-state index >= 15 is 0 Å². The lowest BCUT2D eigenvalue weighted by atomic mass is 10.1. The third kappa shape index (κ3) is 4.45. The Bertz CT molecular complexity index is 1360. The summed E-state index contributed by atoms with van der Waals surface area (Å²) in [4.78, 5) is 25.1. The highest BCUT2D eigenvalue weighted by molar-refractivity contribution is 8.03. The molecular weight excluding hydrogens is 450 g/mol. The number of aromatic hydroxyl groups is 2. The molecular formula is C26H23N3O4S. The van der Waals surface area contributed by atoms with Gasteiger partial charge in [0.1, 0.15) is 0 Å². The van der Waals surface area contributed by atoms with E-state index in [4.69, 9.17) is 4.84 Å². The number of carbonyl (C=O) groups is 1. The smallest absolute Gasteiger partial charge is 0.333 e. The molecule has 0 unspecified atom stereocenters. The molecule has 0 atom stereocenters. The van der Waals surface area contributed by atoms with Crippen molar-refractivity contribution in [3.05, 3.63) is 83.5 Å². The number of hydrogen-bond acceptors (Lipinski definition) is 7. The molecule has 0 radical (unpaired) electrons. The van der Waals surface area contributed by atoms with Crippen molar-refractivity contribution < 1.29 is 19.8 Å². The number of rotatable bonds is 7. The molecule has 2 aromatic heterocycles. The maximum Gasteiger partial charge on any atom is 0.333 e. The van der Waals surface area contributed by atoms with Crippen LogP contribution in [0.3, 0.4) is 0 Å². The van der Waals surface area contributed by atoms with Crippen molar-refractivity contribution in [2.45, 2.75) is 24.2 Å². The fraction of sp³-hybridized carbons (Fsp3) is 0.154. The number of para-hydroxylation sites is 2. The lowest BCUT2D eigenvalue weighted by Crippen LogP contribution is -2.21. The number of fused-ring (bicyclic) bond motifs is 2. The van der Waals surface area contributed by atoms with Gasteiger partial charge in [-0.3, -0.25) is 4.98 Å². The summed E-state index contributed by atoms with van der Waals surface area (Å²) in [7, 11) is 0. The monoisotopic (exact) mass is 473 g/mol. The zero-order chi connectivity index (χ0) is 23.5. The van der Waals surface area contributed by atoms with E-state index < -0.39 is 5.97 Å². The second-order valence-corrected chi connectivity index (χ2v) is 8.95. The molecule has 4 aromatic rings. The van der Waals surface area contributed by atoms with E-state index in [-0.39, 0.29) is 18.2 Å². The Labute approximate surface area is 200 Å². The zero-order valence-electron chi connectivity index (χ0n) is 18.3. The number of hydrogen-bond donors (Lipinski definition) is 2. The van der Waals surface area contributed by atoms with Gasteiger partial charge in [0.25, 0.3) is 0 Å². The first-order chi connectivity index (χ1) is 16.6. The van der Waals surface area contributed by atoms with Crippen molar-refractivity contribution in [2.24, 2.45) is 0 Å². The van der Waals surface area contributed by atoms with Crippen LogP contribution in [0.5, 0.6) is 11.8 Å². The molecule has 0 saturated heterocycles. The van der Waals surface area contributed by atoms with Gasteiger partial charge in [-0.2, -0.15) is 0 Å². The van der Waals surface area contributed by atoms with Gasteiger partial charge in [0.2, 0.25) is 11.8 Å². The van der Waals surface area contributed by atoms with Crippen LogP contribution >= 0.6 is 11.8 Å². The Morgan fingerprint density at radius 2 is 1.74 bits per heavy atom. The molecule has 1 aliphatic rings. The van der Waals surface area contributed by atoms with Crippen LogP contribution in [0, 0.1) is 0 Å². The molecule has 2 aromatic carbocycles. The lowest BCUT2D eigenvalue weighted by molar-refractivity contribution is -0.145. The number of pyridine rings is 1. The summed E-state index contributed by atoms with van der Waals surface area (Å²) < 4.78 is 0.718. The average molecular weight is 474 g/mol. The van der Waals surface area contributed by atoms with Crippen molar-refractivity contribution in [3.8, 4) is 11.8 Å². The Morgan fingerprint density at radius 3 is 2.59 bits per heavy atom. The fourth-order valence-corrected chi connectivity index (χ4v) is 5.09. The molecule has 7 nitrogen and oxygen atoms in total. The van der Waals surface area contributed by atoms with Crippen LogP contribution in [-0.2, 0) is 4.79 Å². The van der Waals surface area contributed by atoms with Gasteiger partial charge in [-0.15, -0.1) is 4.73 Å². The second kappa shape index (κ2) is 9.52. The highest BCUT2D eigenvalue weighted by atomic mass is 32.2. The van der Waals surface area contributed by atoms with E-state index in [0.29, 0.717) is 6.42 Å². The number of anilines is 1. The summed E-state index contributed by atoms with van der Waals surface area (Å²) in [6.45, 7) is 0.742. The highest BCUT2D eigenvalue weighted by Crippen LogP contribution is 2.46. The summed E-state index contributed by atoms with van der Waals surface area (Å²) in [5.41, 5.74) is 3.23. The van der Waals surface area contributed by atoms with E-state index in [9.17, 15) is 15.0 Å². The van der Waals surface area contributed by atoms with Crippen LogP contribution in [0.2, 0.25) is 0 Å². The van der Waals surface area contributed by atoms with Gasteiger partial charge in [-0.1, -0.05) is 42.1 Å². The van der Waals surface area contributed by atoms with E-state index in [1.165, 1.54) is 17.0 Å². The van der Waals surface area contributed by atoms with Gasteiger partial charge in [-0.05, 0) is 48.7 Å². The van der Waals surface area contributed by atoms with Crippen molar-refractivity contribution in [1.29, 1.82) is 0 Å². The first-order valence-corrected chi connectivity index (χ1v) is 11.8. The van der Waals surface area contributed by atoms with Crippen molar-refractivity contribution in [1.82, 2.24) is 9.71 Å². The van der Waals surface area contributed by atoms with E-state index in [1.54, 1.807) is 11.8 Å². The molecule has 1 aliphatic heterocycles. The molecule has 0 amide bonds. The molecule has 0 fully saturated rings. The van der Waals surface area contributed by atoms with Gasteiger partial charge in [-0.25, -0.2) is 4.79 Å². The number of nitrogens with zero attached hydrogens (tertiary/aromatic N) is 3. The minimum Gasteiger partial charge on any atom is -0.492 e. The van der Waals surface area contributed by atoms with E-state index in [0.717, 1.165) is 44.9 Å². The Morgan fingerprint density at radius 1 is 0.971 bits per heavy atom. The summed E-state index contributed by atoms with van der Waals surface area (Å²) in [6, 6.07) is 20.9. The number of carbonyl (C=O) groups excluding carboxylic acids is 1. The van der Waals surface area contributed by atoms with Gasteiger partial charge < -0.3 is 20.0 Å². The van der Waals surface area contributed by atoms with Crippen LogP contribution < -0.4 is 9.74 Å². The number of benzene rings is 2. The maximum atomic E-state index is 12.1.